The zero-order valence-corrected chi connectivity index (χ0v) is 17.3. The van der Waals surface area contributed by atoms with Gasteiger partial charge in [-0.3, -0.25) is 9.59 Å². The average molecular weight is 375 g/mol. The molecule has 0 saturated heterocycles. The molecule has 0 aliphatic heterocycles. The number of allylic oxidation sites excluding steroid dienone is 1. The Hall–Kier alpha value is -1.32. The van der Waals surface area contributed by atoms with Gasteiger partial charge in [0.1, 0.15) is 6.10 Å². The van der Waals surface area contributed by atoms with Crippen molar-refractivity contribution in [1.29, 1.82) is 0 Å². The largest absolute Gasteiger partial charge is 0.469 e. The molecule has 0 aromatic carbocycles. The SMILES string of the molecule is COC(=O)[C@@H]1CC[C@@H]2[C@H]3CC=C4C[C@H](OC(C)=O)CC[C@]4(C)[C@@H]3CC[C@@]21C. The molecule has 150 valence electrons. The number of hydrogen-bond acceptors (Lipinski definition) is 4. The molecule has 4 aliphatic rings. The molecule has 0 unspecified atom stereocenters. The van der Waals surface area contributed by atoms with E-state index in [-0.39, 0.29) is 34.8 Å². The first kappa shape index (κ1) is 19.0. The Morgan fingerprint density at radius 3 is 2.56 bits per heavy atom. The molecule has 0 bridgehead atoms. The molecular formula is C23H34O4. The number of carbonyl (C=O) groups is 2. The summed E-state index contributed by atoms with van der Waals surface area (Å²) in [5.41, 5.74) is 1.86. The Labute approximate surface area is 163 Å². The zero-order chi connectivity index (χ0) is 19.4. The van der Waals surface area contributed by atoms with Gasteiger partial charge in [0.15, 0.2) is 0 Å². The van der Waals surface area contributed by atoms with Gasteiger partial charge in [0.05, 0.1) is 13.0 Å². The maximum absolute atomic E-state index is 12.4. The number of esters is 2. The van der Waals surface area contributed by atoms with Crippen molar-refractivity contribution in [2.45, 2.75) is 78.2 Å². The van der Waals surface area contributed by atoms with Crippen LogP contribution in [0.2, 0.25) is 0 Å². The van der Waals surface area contributed by atoms with Crippen molar-refractivity contribution in [3.05, 3.63) is 11.6 Å². The summed E-state index contributed by atoms with van der Waals surface area (Å²) in [6.07, 6.45) is 11.1. The van der Waals surface area contributed by atoms with Gasteiger partial charge in [-0.2, -0.15) is 0 Å². The number of carbonyl (C=O) groups excluding carboxylic acids is 2. The monoisotopic (exact) mass is 374 g/mol. The molecule has 4 rings (SSSR count). The number of rotatable bonds is 2. The van der Waals surface area contributed by atoms with Crippen LogP contribution in [-0.4, -0.2) is 25.2 Å². The number of methoxy groups -OCH3 is 1. The van der Waals surface area contributed by atoms with Crippen LogP contribution in [0, 0.1) is 34.5 Å². The molecule has 27 heavy (non-hydrogen) atoms. The summed E-state index contributed by atoms with van der Waals surface area (Å²) >= 11 is 0. The standard InChI is InChI=1S/C23H34O4/c1-14(24)27-16-9-11-22(2)15(13-16)5-6-17-18-7-8-20(21(25)26-4)23(18,3)12-10-19(17)22/h5,16-20H,6-13H2,1-4H3/t16-,17-,18-,19-,20+,22+,23+/m1/s1. The number of fused-ring (bicyclic) bond motifs is 5. The number of hydrogen-bond donors (Lipinski definition) is 0. The van der Waals surface area contributed by atoms with E-state index in [0.29, 0.717) is 17.8 Å². The Balaban J connectivity index is 1.57. The summed E-state index contributed by atoms with van der Waals surface area (Å²) in [5.74, 6) is 1.92. The van der Waals surface area contributed by atoms with Crippen LogP contribution in [-0.2, 0) is 19.1 Å². The predicted octanol–water partition coefficient (Wildman–Crippen LogP) is 4.67. The van der Waals surface area contributed by atoms with Crippen LogP contribution >= 0.6 is 0 Å². The second-order valence-electron chi connectivity index (χ2n) is 9.93. The Morgan fingerprint density at radius 2 is 1.85 bits per heavy atom. The van der Waals surface area contributed by atoms with Crippen molar-refractivity contribution in [1.82, 2.24) is 0 Å². The van der Waals surface area contributed by atoms with Crippen LogP contribution in [0.5, 0.6) is 0 Å². The Kier molecular flexibility index (Phi) is 4.67. The van der Waals surface area contributed by atoms with E-state index in [2.05, 4.69) is 19.9 Å². The van der Waals surface area contributed by atoms with Gasteiger partial charge in [0.2, 0.25) is 0 Å². The van der Waals surface area contributed by atoms with E-state index in [1.54, 1.807) is 0 Å². The smallest absolute Gasteiger partial charge is 0.309 e. The van der Waals surface area contributed by atoms with Crippen LogP contribution < -0.4 is 0 Å². The highest BCUT2D eigenvalue weighted by Gasteiger charge is 2.60. The molecule has 4 nitrogen and oxygen atoms in total. The minimum Gasteiger partial charge on any atom is -0.469 e. The van der Waals surface area contributed by atoms with Crippen molar-refractivity contribution in [3.63, 3.8) is 0 Å². The maximum Gasteiger partial charge on any atom is 0.309 e. The summed E-state index contributed by atoms with van der Waals surface area (Å²) in [4.78, 5) is 23.7. The molecule has 3 fully saturated rings. The van der Waals surface area contributed by atoms with Crippen molar-refractivity contribution >= 4 is 11.9 Å². The third-order valence-corrected chi connectivity index (χ3v) is 8.88. The van der Waals surface area contributed by atoms with Gasteiger partial charge in [0, 0.05) is 13.3 Å². The van der Waals surface area contributed by atoms with E-state index in [0.717, 1.165) is 44.9 Å². The average Bonchev–Trinajstić information content (AvgIpc) is 2.98. The highest BCUT2D eigenvalue weighted by molar-refractivity contribution is 5.73. The van der Waals surface area contributed by atoms with Crippen molar-refractivity contribution in [3.8, 4) is 0 Å². The van der Waals surface area contributed by atoms with Crippen LogP contribution in [0.4, 0.5) is 0 Å². The summed E-state index contributed by atoms with van der Waals surface area (Å²) < 4.78 is 10.7. The lowest BCUT2D eigenvalue weighted by Crippen LogP contribution is -2.51. The van der Waals surface area contributed by atoms with Gasteiger partial charge in [0.25, 0.3) is 0 Å². The molecule has 0 aromatic rings. The van der Waals surface area contributed by atoms with E-state index in [1.807, 2.05) is 0 Å². The highest BCUT2D eigenvalue weighted by Crippen LogP contribution is 2.66. The van der Waals surface area contributed by atoms with E-state index < -0.39 is 0 Å². The van der Waals surface area contributed by atoms with E-state index in [4.69, 9.17) is 9.47 Å². The fourth-order valence-corrected chi connectivity index (χ4v) is 7.49. The maximum atomic E-state index is 12.4. The molecule has 4 heteroatoms. The first-order chi connectivity index (χ1) is 12.8. The van der Waals surface area contributed by atoms with Gasteiger partial charge >= 0.3 is 11.9 Å². The minimum absolute atomic E-state index is 0.00130. The lowest BCUT2D eigenvalue weighted by Gasteiger charge is -2.57. The molecule has 0 heterocycles. The zero-order valence-electron chi connectivity index (χ0n) is 17.3. The summed E-state index contributed by atoms with van der Waals surface area (Å²) in [5, 5.41) is 0. The van der Waals surface area contributed by atoms with E-state index in [9.17, 15) is 9.59 Å². The lowest BCUT2D eigenvalue weighted by molar-refractivity contribution is -0.154. The van der Waals surface area contributed by atoms with Crippen molar-refractivity contribution in [2.24, 2.45) is 34.5 Å². The van der Waals surface area contributed by atoms with Gasteiger partial charge < -0.3 is 9.47 Å². The summed E-state index contributed by atoms with van der Waals surface area (Å²) in [6.45, 7) is 6.32. The molecule has 0 amide bonds. The summed E-state index contributed by atoms with van der Waals surface area (Å²) in [7, 11) is 1.53. The molecule has 3 saturated carbocycles. The first-order valence-electron chi connectivity index (χ1n) is 10.7. The predicted molar refractivity (Wildman–Crippen MR) is 103 cm³/mol. The fourth-order valence-electron chi connectivity index (χ4n) is 7.49. The quantitative estimate of drug-likeness (QED) is 0.521. The Morgan fingerprint density at radius 1 is 1.07 bits per heavy atom. The van der Waals surface area contributed by atoms with Crippen LogP contribution in [0.1, 0.15) is 72.1 Å². The van der Waals surface area contributed by atoms with Gasteiger partial charge in [-0.25, -0.2) is 0 Å². The molecule has 0 radical (unpaired) electrons. The topological polar surface area (TPSA) is 52.6 Å². The molecule has 7 atom stereocenters. The van der Waals surface area contributed by atoms with E-state index >= 15 is 0 Å². The molecule has 0 spiro atoms. The van der Waals surface area contributed by atoms with Gasteiger partial charge in [-0.1, -0.05) is 25.5 Å². The molecule has 0 N–H and O–H groups in total. The van der Waals surface area contributed by atoms with Crippen molar-refractivity contribution < 1.29 is 19.1 Å². The highest BCUT2D eigenvalue weighted by atomic mass is 16.5. The lowest BCUT2D eigenvalue weighted by atomic mass is 9.47. The third-order valence-electron chi connectivity index (χ3n) is 8.88. The van der Waals surface area contributed by atoms with Crippen molar-refractivity contribution in [2.75, 3.05) is 7.11 Å². The fraction of sp³-hybridized carbons (Fsp3) is 0.826. The third kappa shape index (κ3) is 2.86. The van der Waals surface area contributed by atoms with Gasteiger partial charge in [-0.05, 0) is 73.5 Å². The molecule has 4 aliphatic carbocycles. The van der Waals surface area contributed by atoms with Crippen LogP contribution in [0.25, 0.3) is 0 Å². The van der Waals surface area contributed by atoms with Crippen LogP contribution in [0.3, 0.4) is 0 Å². The molecular weight excluding hydrogens is 340 g/mol. The van der Waals surface area contributed by atoms with Crippen LogP contribution in [0.15, 0.2) is 11.6 Å². The second kappa shape index (κ2) is 6.63. The van der Waals surface area contributed by atoms with E-state index in [1.165, 1.54) is 26.0 Å². The number of ether oxygens (including phenoxy) is 2. The minimum atomic E-state index is -0.161. The molecule has 0 aromatic heterocycles. The normalized spacial score (nSPS) is 45.8. The Bertz CT molecular complexity index is 667. The second-order valence-corrected chi connectivity index (χ2v) is 9.93. The van der Waals surface area contributed by atoms with Gasteiger partial charge in [-0.15, -0.1) is 0 Å². The first-order valence-corrected chi connectivity index (χ1v) is 10.7. The summed E-state index contributed by atoms with van der Waals surface area (Å²) in [6, 6.07) is 0.